The fraction of sp³-hybridized carbons (Fsp3) is 0.725. The predicted molar refractivity (Wildman–Crippen MR) is 185 cm³/mol. The maximum absolute atomic E-state index is 12.6. The molecule has 0 radical (unpaired) electrons. The number of carbonyl (C=O) groups is 1. The van der Waals surface area contributed by atoms with E-state index in [2.05, 4.69) is 86.4 Å². The maximum atomic E-state index is 12.6. The molecule has 1 aromatic heterocycles. The van der Waals surface area contributed by atoms with Crippen LogP contribution in [0.2, 0.25) is 16.6 Å². The fourth-order valence-electron chi connectivity index (χ4n) is 12.9. The molecule has 0 spiro atoms. The van der Waals surface area contributed by atoms with Crippen LogP contribution in [0.5, 0.6) is 0 Å². The van der Waals surface area contributed by atoms with E-state index < -0.39 is 8.32 Å². The van der Waals surface area contributed by atoms with Gasteiger partial charge in [0.2, 0.25) is 0 Å². The largest absolute Gasteiger partial charge is 0.416 e. The molecule has 0 saturated heterocycles. The van der Waals surface area contributed by atoms with Gasteiger partial charge in [0, 0.05) is 51.9 Å². The lowest BCUT2D eigenvalue weighted by Crippen LogP contribution is -2.56. The van der Waals surface area contributed by atoms with Crippen molar-refractivity contribution in [3.63, 3.8) is 0 Å². The van der Waals surface area contributed by atoms with E-state index in [0.29, 0.717) is 58.4 Å². The van der Waals surface area contributed by atoms with Crippen LogP contribution in [0.3, 0.4) is 0 Å². The molecule has 4 nitrogen and oxygen atoms in total. The summed E-state index contributed by atoms with van der Waals surface area (Å²) in [7, 11) is -1.93. The highest BCUT2D eigenvalue weighted by Crippen LogP contribution is 2.72. The van der Waals surface area contributed by atoms with Crippen molar-refractivity contribution in [1.82, 2.24) is 4.98 Å². The standard InChI is InChI=1S/C40H57NO3Si/c1-21(2)45(22(3)4,23(5)6)43-20-25-17-24-11-14-31-34-32(24)33-28(25)19-30(33)38(7,8)44-36-29-13-12-26-18-27(42)15-16-39(26,9)40(29,10)37(41-31)35(34)36/h11,14,18,21-23,25,28-30,33,36,41H,12-13,15-17,19-20H2,1-10H3. The van der Waals surface area contributed by atoms with Crippen molar-refractivity contribution in [2.75, 3.05) is 6.61 Å². The average Bonchev–Trinajstić information content (AvgIpc) is 3.42. The first-order chi connectivity index (χ1) is 21.2. The summed E-state index contributed by atoms with van der Waals surface area (Å²) in [5.41, 5.74) is 10.3. The summed E-state index contributed by atoms with van der Waals surface area (Å²) in [6.07, 6.45) is 8.22. The molecular weight excluding hydrogens is 571 g/mol. The van der Waals surface area contributed by atoms with Crippen LogP contribution in [-0.2, 0) is 25.8 Å². The number of hydrogen-bond acceptors (Lipinski definition) is 3. The summed E-state index contributed by atoms with van der Waals surface area (Å²) in [4.78, 5) is 16.7. The van der Waals surface area contributed by atoms with Crippen LogP contribution in [0.25, 0.3) is 10.9 Å². The van der Waals surface area contributed by atoms with Crippen LogP contribution in [-0.4, -0.2) is 31.3 Å². The van der Waals surface area contributed by atoms with E-state index in [-0.39, 0.29) is 22.5 Å². The quantitative estimate of drug-likeness (QED) is 0.324. The molecule has 244 valence electrons. The summed E-state index contributed by atoms with van der Waals surface area (Å²) in [5, 5.41) is 1.51. The van der Waals surface area contributed by atoms with Crippen molar-refractivity contribution in [3.8, 4) is 0 Å². The Kier molecular flexibility index (Phi) is 6.60. The zero-order valence-electron chi connectivity index (χ0n) is 29.6. The molecule has 8 unspecified atom stereocenters. The molecule has 2 aromatic rings. The molecule has 1 aliphatic heterocycles. The zero-order valence-corrected chi connectivity index (χ0v) is 30.6. The smallest absolute Gasteiger partial charge is 0.200 e. The zero-order chi connectivity index (χ0) is 32.0. The SMILES string of the molecule is CC(C)[Si](OCC1Cc2ccc3[nH]c4c5c3c2C2C1CC2C(C)(C)OC5C1CCC2=CC(=O)CCC2(C)C41C)(C(C)C)C(C)C. The van der Waals surface area contributed by atoms with Gasteiger partial charge in [0.05, 0.1) is 11.7 Å². The number of aromatic nitrogens is 1. The van der Waals surface area contributed by atoms with Crippen molar-refractivity contribution in [2.45, 2.75) is 147 Å². The third-order valence-electron chi connectivity index (χ3n) is 15.3. The Labute approximate surface area is 272 Å². The number of ketones is 1. The van der Waals surface area contributed by atoms with Gasteiger partial charge in [-0.25, -0.2) is 0 Å². The molecule has 1 aromatic carbocycles. The minimum absolute atomic E-state index is 0.0284. The number of H-pyrrole nitrogens is 1. The highest BCUT2D eigenvalue weighted by molar-refractivity contribution is 6.77. The van der Waals surface area contributed by atoms with Gasteiger partial charge in [0.1, 0.15) is 0 Å². The van der Waals surface area contributed by atoms with Gasteiger partial charge in [-0.1, -0.05) is 67.0 Å². The number of aromatic amines is 1. The Morgan fingerprint density at radius 1 is 0.978 bits per heavy atom. The van der Waals surface area contributed by atoms with Crippen LogP contribution in [0.15, 0.2) is 23.8 Å². The molecular formula is C40H57NO3Si. The first kappa shape index (κ1) is 30.6. The number of allylic oxidation sites excluding steroid dienone is 2. The molecule has 8 rings (SSSR count). The van der Waals surface area contributed by atoms with Gasteiger partial charge < -0.3 is 14.1 Å². The van der Waals surface area contributed by atoms with Crippen molar-refractivity contribution in [3.05, 3.63) is 46.2 Å². The summed E-state index contributed by atoms with van der Waals surface area (Å²) in [5.74, 6) is 3.03. The monoisotopic (exact) mass is 627 g/mol. The molecule has 45 heavy (non-hydrogen) atoms. The van der Waals surface area contributed by atoms with Crippen LogP contribution in [0.4, 0.5) is 0 Å². The first-order valence-corrected chi connectivity index (χ1v) is 20.5. The van der Waals surface area contributed by atoms with E-state index in [4.69, 9.17) is 9.16 Å². The molecule has 0 bridgehead atoms. The number of carbonyl (C=O) groups excluding carboxylic acids is 1. The summed E-state index contributed by atoms with van der Waals surface area (Å²) < 4.78 is 14.8. The van der Waals surface area contributed by atoms with Crippen LogP contribution >= 0.6 is 0 Å². The van der Waals surface area contributed by atoms with Gasteiger partial charge >= 0.3 is 0 Å². The Bertz CT molecular complexity index is 1590. The van der Waals surface area contributed by atoms with Crippen molar-refractivity contribution in [2.24, 2.45) is 29.1 Å². The van der Waals surface area contributed by atoms with Crippen molar-refractivity contribution in [1.29, 1.82) is 0 Å². The minimum Gasteiger partial charge on any atom is -0.416 e. The lowest BCUT2D eigenvalue weighted by Gasteiger charge is -2.60. The van der Waals surface area contributed by atoms with E-state index in [1.165, 1.54) is 34.2 Å². The van der Waals surface area contributed by atoms with Crippen LogP contribution < -0.4 is 0 Å². The predicted octanol–water partition coefficient (Wildman–Crippen LogP) is 10.1. The highest BCUT2D eigenvalue weighted by Gasteiger charge is 2.66. The molecule has 5 aliphatic carbocycles. The molecule has 5 heteroatoms. The molecule has 0 amide bonds. The number of benzene rings is 1. The van der Waals surface area contributed by atoms with Crippen molar-refractivity contribution >= 4 is 25.0 Å². The maximum Gasteiger partial charge on any atom is 0.200 e. The normalized spacial score (nSPS) is 37.8. The second kappa shape index (κ2) is 9.69. The minimum atomic E-state index is -1.93. The fourth-order valence-corrected chi connectivity index (χ4v) is 18.4. The third kappa shape index (κ3) is 3.70. The number of ether oxygens (including phenoxy) is 1. The topological polar surface area (TPSA) is 51.3 Å². The lowest BCUT2D eigenvalue weighted by atomic mass is 9.48. The number of nitrogens with one attached hydrogen (secondary N) is 1. The van der Waals surface area contributed by atoms with Gasteiger partial charge in [0.15, 0.2) is 14.1 Å². The number of hydrogen-bond donors (Lipinski definition) is 1. The summed E-state index contributed by atoms with van der Waals surface area (Å²) in [6, 6.07) is 4.86. The second-order valence-corrected chi connectivity index (χ2v) is 23.5. The Morgan fingerprint density at radius 2 is 1.69 bits per heavy atom. The highest BCUT2D eigenvalue weighted by atomic mass is 28.4. The Morgan fingerprint density at radius 3 is 2.38 bits per heavy atom. The Hall–Kier alpha value is -1.69. The van der Waals surface area contributed by atoms with E-state index in [1.807, 2.05) is 6.08 Å². The van der Waals surface area contributed by atoms with Gasteiger partial charge in [-0.2, -0.15) is 0 Å². The van der Waals surface area contributed by atoms with Gasteiger partial charge in [-0.15, -0.1) is 0 Å². The van der Waals surface area contributed by atoms with E-state index in [9.17, 15) is 4.79 Å². The van der Waals surface area contributed by atoms with Crippen LogP contribution in [0.1, 0.15) is 136 Å². The Balaban J connectivity index is 1.26. The van der Waals surface area contributed by atoms with E-state index in [1.54, 1.807) is 11.1 Å². The van der Waals surface area contributed by atoms with Gasteiger partial charge in [0.25, 0.3) is 0 Å². The van der Waals surface area contributed by atoms with Gasteiger partial charge in [-0.3, -0.25) is 4.79 Å². The van der Waals surface area contributed by atoms with Crippen molar-refractivity contribution < 1.29 is 14.0 Å². The number of fused-ring (bicyclic) bond motifs is 5. The molecule has 2 saturated carbocycles. The number of rotatable bonds is 6. The molecule has 8 atom stereocenters. The second-order valence-electron chi connectivity index (χ2n) is 18.1. The summed E-state index contributed by atoms with van der Waals surface area (Å²) >= 11 is 0. The molecule has 2 heterocycles. The van der Waals surface area contributed by atoms with Gasteiger partial charge in [-0.05, 0) is 110 Å². The molecule has 2 fully saturated rings. The lowest BCUT2D eigenvalue weighted by molar-refractivity contribution is -0.178. The third-order valence-corrected chi connectivity index (χ3v) is 21.3. The average molecular weight is 628 g/mol. The molecule has 1 N–H and O–H groups in total. The van der Waals surface area contributed by atoms with E-state index in [0.717, 1.165) is 32.3 Å². The molecule has 6 aliphatic rings. The van der Waals surface area contributed by atoms with E-state index >= 15 is 0 Å². The summed E-state index contributed by atoms with van der Waals surface area (Å²) in [6.45, 7) is 25.2. The van der Waals surface area contributed by atoms with Crippen LogP contribution in [0, 0.1) is 29.1 Å². The first-order valence-electron chi connectivity index (χ1n) is 18.4.